The summed E-state index contributed by atoms with van der Waals surface area (Å²) in [5.41, 5.74) is -0.633. The van der Waals surface area contributed by atoms with E-state index in [9.17, 15) is 14.6 Å². The van der Waals surface area contributed by atoms with E-state index in [-0.39, 0.29) is 46.1 Å². The van der Waals surface area contributed by atoms with E-state index in [0.717, 1.165) is 25.8 Å². The maximum Gasteiger partial charge on any atom is 0.319 e. The van der Waals surface area contributed by atoms with Gasteiger partial charge in [-0.1, -0.05) is 17.9 Å². The molecule has 3 aliphatic heterocycles. The molecule has 0 spiro atoms. The van der Waals surface area contributed by atoms with Gasteiger partial charge in [-0.3, -0.25) is 9.88 Å². The van der Waals surface area contributed by atoms with Crippen LogP contribution in [0.1, 0.15) is 31.2 Å². The number of rotatable bonds is 5. The van der Waals surface area contributed by atoms with Gasteiger partial charge in [0, 0.05) is 49.8 Å². The molecule has 0 saturated carbocycles. The number of alkyl halides is 1. The molecule has 2 N–H and O–H groups in total. The van der Waals surface area contributed by atoms with Crippen LogP contribution in [0.5, 0.6) is 11.8 Å². The van der Waals surface area contributed by atoms with Gasteiger partial charge in [0.1, 0.15) is 48.0 Å². The van der Waals surface area contributed by atoms with E-state index in [2.05, 4.69) is 26.7 Å². The van der Waals surface area contributed by atoms with Gasteiger partial charge < -0.3 is 24.6 Å². The van der Waals surface area contributed by atoms with Gasteiger partial charge in [-0.25, -0.2) is 13.2 Å². The number of hydrogen-bond donors (Lipinski definition) is 2. The second-order valence-electron chi connectivity index (χ2n) is 11.8. The number of nitrogens with zero attached hydrogens (tertiary/aromatic N) is 5. The van der Waals surface area contributed by atoms with Gasteiger partial charge in [0.05, 0.1) is 23.1 Å². The lowest BCUT2D eigenvalue weighted by Crippen LogP contribution is -2.43. The van der Waals surface area contributed by atoms with Crippen LogP contribution in [0.25, 0.3) is 32.9 Å². The summed E-state index contributed by atoms with van der Waals surface area (Å²) in [5.74, 6) is 3.87. The molecule has 45 heavy (non-hydrogen) atoms. The SMILES string of the molecule is OCC#Cc1c(F)ccc2cc(O)cc(-c3ncc4c(N5CCCOCC5)nc(OC[C@@]56CCCN5C[C@H](F)C6)nc4c3F)c12. The van der Waals surface area contributed by atoms with Crippen LogP contribution >= 0.6 is 0 Å². The summed E-state index contributed by atoms with van der Waals surface area (Å²) in [7, 11) is 0. The molecule has 2 aromatic heterocycles. The number of anilines is 1. The van der Waals surface area contributed by atoms with Gasteiger partial charge in [0.2, 0.25) is 0 Å². The van der Waals surface area contributed by atoms with Crippen molar-refractivity contribution in [3.05, 3.63) is 47.7 Å². The molecule has 0 amide bonds. The molecule has 2 atom stereocenters. The first kappa shape index (κ1) is 29.5. The van der Waals surface area contributed by atoms with Crippen LogP contribution in [-0.2, 0) is 4.74 Å². The lowest BCUT2D eigenvalue weighted by atomic mass is 9.95. The molecular formula is C33H32F3N5O4. The molecule has 0 bridgehead atoms. The predicted molar refractivity (Wildman–Crippen MR) is 162 cm³/mol. The third kappa shape index (κ3) is 5.39. The summed E-state index contributed by atoms with van der Waals surface area (Å²) in [6, 6.07) is 5.35. The quantitative estimate of drug-likeness (QED) is 0.316. The Bertz CT molecular complexity index is 1840. The molecule has 9 nitrogen and oxygen atoms in total. The van der Waals surface area contributed by atoms with Crippen LogP contribution in [0.2, 0.25) is 0 Å². The van der Waals surface area contributed by atoms with Gasteiger partial charge >= 0.3 is 6.01 Å². The minimum absolute atomic E-state index is 0.0384. The van der Waals surface area contributed by atoms with Gasteiger partial charge in [0.15, 0.2) is 5.82 Å². The molecule has 3 saturated heterocycles. The monoisotopic (exact) mass is 619 g/mol. The smallest absolute Gasteiger partial charge is 0.319 e. The van der Waals surface area contributed by atoms with E-state index in [1.807, 2.05) is 4.90 Å². The molecule has 7 rings (SSSR count). The number of benzene rings is 2. The van der Waals surface area contributed by atoms with Gasteiger partial charge in [0.25, 0.3) is 0 Å². The second-order valence-corrected chi connectivity index (χ2v) is 11.8. The Hall–Kier alpha value is -4.18. The third-order valence-corrected chi connectivity index (χ3v) is 9.00. The summed E-state index contributed by atoms with van der Waals surface area (Å²) in [4.78, 5) is 17.8. The van der Waals surface area contributed by atoms with E-state index in [0.29, 0.717) is 55.9 Å². The summed E-state index contributed by atoms with van der Waals surface area (Å²) in [6.07, 6.45) is 3.38. The highest BCUT2D eigenvalue weighted by Gasteiger charge is 2.49. The van der Waals surface area contributed by atoms with Crippen molar-refractivity contribution in [3.8, 4) is 34.9 Å². The van der Waals surface area contributed by atoms with Crippen molar-refractivity contribution in [1.82, 2.24) is 19.9 Å². The first-order chi connectivity index (χ1) is 21.9. The third-order valence-electron chi connectivity index (χ3n) is 9.00. The summed E-state index contributed by atoms with van der Waals surface area (Å²) < 4.78 is 58.0. The number of ether oxygens (including phenoxy) is 2. The Morgan fingerprint density at radius 2 is 2.00 bits per heavy atom. The molecule has 3 fully saturated rings. The van der Waals surface area contributed by atoms with E-state index in [1.54, 1.807) is 0 Å². The summed E-state index contributed by atoms with van der Waals surface area (Å²) in [6.45, 7) is 3.02. The van der Waals surface area contributed by atoms with E-state index in [4.69, 9.17) is 14.5 Å². The van der Waals surface area contributed by atoms with Crippen molar-refractivity contribution in [3.63, 3.8) is 0 Å². The number of aliphatic hydroxyl groups excluding tert-OH is 1. The number of aliphatic hydroxyl groups is 1. The highest BCUT2D eigenvalue weighted by molar-refractivity contribution is 6.03. The minimum Gasteiger partial charge on any atom is -0.508 e. The van der Waals surface area contributed by atoms with E-state index in [1.165, 1.54) is 30.5 Å². The molecule has 0 radical (unpaired) electrons. The van der Waals surface area contributed by atoms with Gasteiger partial charge in [-0.2, -0.15) is 9.97 Å². The van der Waals surface area contributed by atoms with Crippen molar-refractivity contribution in [2.24, 2.45) is 0 Å². The Kier molecular flexibility index (Phi) is 7.85. The normalized spacial score (nSPS) is 22.0. The van der Waals surface area contributed by atoms with E-state index >= 15 is 8.78 Å². The Balaban J connectivity index is 1.38. The average Bonchev–Trinajstić information content (AvgIpc) is 3.41. The Morgan fingerprint density at radius 3 is 2.87 bits per heavy atom. The standard InChI is InChI=1S/C33H32F3N5O4/c34-21-16-33(7-2-9-41(33)18-21)19-45-32-38-30-25(31(39-32)40-8-3-12-44-13-10-40)17-37-29(28(30)36)24-15-22(43)14-20-5-6-26(35)23(27(20)24)4-1-11-42/h5-6,14-15,17,21,42-43H,2-3,7-13,16,18-19H2/t21-,33+/m1/s1. The van der Waals surface area contributed by atoms with Gasteiger partial charge in [-0.05, 0) is 49.4 Å². The summed E-state index contributed by atoms with van der Waals surface area (Å²) in [5, 5.41) is 20.8. The highest BCUT2D eigenvalue weighted by Crippen LogP contribution is 2.41. The molecule has 0 aliphatic carbocycles. The number of fused-ring (bicyclic) bond motifs is 3. The van der Waals surface area contributed by atoms with Crippen molar-refractivity contribution in [2.45, 2.75) is 37.4 Å². The van der Waals surface area contributed by atoms with Crippen molar-refractivity contribution >= 4 is 27.5 Å². The average molecular weight is 620 g/mol. The van der Waals surface area contributed by atoms with Crippen LogP contribution in [0.15, 0.2) is 30.5 Å². The van der Waals surface area contributed by atoms with Crippen LogP contribution in [0, 0.1) is 23.5 Å². The number of aromatic nitrogens is 3. The zero-order chi connectivity index (χ0) is 31.1. The molecular weight excluding hydrogens is 587 g/mol. The van der Waals surface area contributed by atoms with Crippen LogP contribution in [-0.4, -0.2) is 94.4 Å². The molecule has 2 aromatic carbocycles. The van der Waals surface area contributed by atoms with Gasteiger partial charge in [-0.15, -0.1) is 0 Å². The number of phenols is 1. The lowest BCUT2D eigenvalue weighted by molar-refractivity contribution is 0.107. The molecule has 5 heterocycles. The largest absolute Gasteiger partial charge is 0.508 e. The highest BCUT2D eigenvalue weighted by atomic mass is 19.1. The first-order valence-corrected chi connectivity index (χ1v) is 15.1. The van der Waals surface area contributed by atoms with Crippen molar-refractivity contribution in [2.75, 3.05) is 57.5 Å². The molecule has 0 unspecified atom stereocenters. The number of hydrogen-bond acceptors (Lipinski definition) is 9. The fourth-order valence-corrected chi connectivity index (χ4v) is 6.98. The zero-order valence-corrected chi connectivity index (χ0v) is 24.5. The Morgan fingerprint density at radius 1 is 1.11 bits per heavy atom. The first-order valence-electron chi connectivity index (χ1n) is 15.1. The van der Waals surface area contributed by atoms with Crippen LogP contribution < -0.4 is 9.64 Å². The fourth-order valence-electron chi connectivity index (χ4n) is 6.98. The van der Waals surface area contributed by atoms with Crippen LogP contribution in [0.4, 0.5) is 19.0 Å². The molecule has 3 aliphatic rings. The maximum absolute atomic E-state index is 16.8. The topological polar surface area (TPSA) is 104 Å². The number of phenolic OH excluding ortho intramolecular Hbond substituents is 1. The maximum atomic E-state index is 16.8. The molecule has 4 aromatic rings. The second kappa shape index (κ2) is 12.0. The molecule has 12 heteroatoms. The number of halogens is 3. The van der Waals surface area contributed by atoms with Crippen molar-refractivity contribution < 1.29 is 32.9 Å². The minimum atomic E-state index is -0.931. The van der Waals surface area contributed by atoms with Crippen molar-refractivity contribution in [1.29, 1.82) is 0 Å². The van der Waals surface area contributed by atoms with Crippen LogP contribution in [0.3, 0.4) is 0 Å². The number of pyridine rings is 1. The molecule has 234 valence electrons. The van der Waals surface area contributed by atoms with E-state index < -0.39 is 30.0 Å². The zero-order valence-electron chi connectivity index (χ0n) is 24.5. The predicted octanol–water partition coefficient (Wildman–Crippen LogP) is 4.35. The Labute approximate surface area is 257 Å². The lowest BCUT2D eigenvalue weighted by Gasteiger charge is -2.31. The fraction of sp³-hybridized carbons (Fsp3) is 0.424. The number of aromatic hydroxyl groups is 1. The summed E-state index contributed by atoms with van der Waals surface area (Å²) >= 11 is 0.